The molecule has 0 bridgehead atoms. The molecular formula is C7H13NO4. The molecule has 1 unspecified atom stereocenters. The molecule has 0 aliphatic heterocycles. The first-order valence-electron chi connectivity index (χ1n) is 3.49. The molecule has 0 amide bonds. The summed E-state index contributed by atoms with van der Waals surface area (Å²) in [5.74, 6) is -1.06. The summed E-state index contributed by atoms with van der Waals surface area (Å²) in [5, 5.41) is 0. The Hall–Kier alpha value is -1.10. The summed E-state index contributed by atoms with van der Waals surface area (Å²) in [6.45, 7) is 2.78. The molecule has 2 N–H and O–H groups in total. The molecule has 5 heteroatoms. The largest absolute Gasteiger partial charge is 0.468 e. The summed E-state index contributed by atoms with van der Waals surface area (Å²) in [4.78, 5) is 21.2. The average Bonchev–Trinajstić information content (AvgIpc) is 2.00. The van der Waals surface area contributed by atoms with Crippen LogP contribution in [0.2, 0.25) is 0 Å². The number of rotatable bonds is 3. The van der Waals surface area contributed by atoms with Gasteiger partial charge < -0.3 is 15.2 Å². The van der Waals surface area contributed by atoms with Crippen LogP contribution in [0.25, 0.3) is 0 Å². The first kappa shape index (κ1) is 10.9. The van der Waals surface area contributed by atoms with E-state index in [9.17, 15) is 9.59 Å². The summed E-state index contributed by atoms with van der Waals surface area (Å²) >= 11 is 0. The third-order valence-corrected chi connectivity index (χ3v) is 1.33. The van der Waals surface area contributed by atoms with Crippen molar-refractivity contribution >= 4 is 11.9 Å². The van der Waals surface area contributed by atoms with Gasteiger partial charge in [0, 0.05) is 6.92 Å². The molecule has 0 saturated heterocycles. The second-order valence-corrected chi connectivity index (χ2v) is 2.36. The van der Waals surface area contributed by atoms with Crippen LogP contribution in [0.5, 0.6) is 0 Å². The minimum absolute atomic E-state index is 0.471. The van der Waals surface area contributed by atoms with Crippen molar-refractivity contribution in [3.63, 3.8) is 0 Å². The van der Waals surface area contributed by atoms with Gasteiger partial charge in [0.25, 0.3) is 0 Å². The monoisotopic (exact) mass is 175 g/mol. The third-order valence-electron chi connectivity index (χ3n) is 1.33. The first-order valence-corrected chi connectivity index (χ1v) is 3.49. The Kier molecular flexibility index (Phi) is 4.28. The topological polar surface area (TPSA) is 78.6 Å². The molecular weight excluding hydrogens is 162 g/mol. The van der Waals surface area contributed by atoms with Gasteiger partial charge in [-0.1, -0.05) is 0 Å². The van der Waals surface area contributed by atoms with Crippen molar-refractivity contribution < 1.29 is 19.1 Å². The van der Waals surface area contributed by atoms with E-state index in [1.807, 2.05) is 0 Å². The molecule has 0 rings (SSSR count). The predicted octanol–water partition coefficient (Wildman–Crippen LogP) is -0.562. The Balaban J connectivity index is 4.00. The number of carbonyl (C=O) groups excluding carboxylic acids is 2. The molecule has 0 radical (unpaired) electrons. The molecule has 12 heavy (non-hydrogen) atoms. The van der Waals surface area contributed by atoms with Crippen LogP contribution in [0.4, 0.5) is 0 Å². The van der Waals surface area contributed by atoms with Gasteiger partial charge >= 0.3 is 11.9 Å². The van der Waals surface area contributed by atoms with Gasteiger partial charge in [-0.15, -0.1) is 0 Å². The molecule has 0 aromatic carbocycles. The Morgan fingerprint density at radius 2 is 1.92 bits per heavy atom. The van der Waals surface area contributed by atoms with E-state index in [-0.39, 0.29) is 0 Å². The quantitative estimate of drug-likeness (QED) is 0.581. The fourth-order valence-electron chi connectivity index (χ4n) is 0.663. The highest BCUT2D eigenvalue weighted by Crippen LogP contribution is 1.98. The van der Waals surface area contributed by atoms with Crippen LogP contribution in [-0.4, -0.2) is 31.2 Å². The van der Waals surface area contributed by atoms with Crippen LogP contribution >= 0.6 is 0 Å². The normalized spacial score (nSPS) is 14.7. The zero-order chi connectivity index (χ0) is 9.72. The zero-order valence-electron chi connectivity index (χ0n) is 7.37. The maximum Gasteiger partial charge on any atom is 0.326 e. The van der Waals surface area contributed by atoms with E-state index < -0.39 is 24.1 Å². The van der Waals surface area contributed by atoms with Crippen LogP contribution in [0.3, 0.4) is 0 Å². The summed E-state index contributed by atoms with van der Waals surface area (Å²) < 4.78 is 9.03. The number of nitrogens with two attached hydrogens (primary N) is 1. The van der Waals surface area contributed by atoms with E-state index in [0.29, 0.717) is 0 Å². The molecule has 2 atom stereocenters. The molecule has 5 nitrogen and oxygen atoms in total. The van der Waals surface area contributed by atoms with Crippen molar-refractivity contribution in [2.75, 3.05) is 7.11 Å². The van der Waals surface area contributed by atoms with Crippen LogP contribution < -0.4 is 5.73 Å². The van der Waals surface area contributed by atoms with E-state index in [2.05, 4.69) is 9.47 Å². The molecule has 0 aliphatic carbocycles. The van der Waals surface area contributed by atoms with E-state index in [1.165, 1.54) is 21.0 Å². The third kappa shape index (κ3) is 3.34. The maximum absolute atomic E-state index is 10.8. The summed E-state index contributed by atoms with van der Waals surface area (Å²) in [6, 6.07) is -0.918. The van der Waals surface area contributed by atoms with E-state index in [4.69, 9.17) is 5.73 Å². The van der Waals surface area contributed by atoms with Gasteiger partial charge in [-0.3, -0.25) is 9.59 Å². The number of methoxy groups -OCH3 is 1. The number of ether oxygens (including phenoxy) is 2. The maximum atomic E-state index is 10.8. The molecule has 0 fully saturated rings. The standard InChI is InChI=1S/C7H13NO4/c1-4(12-5(2)9)6(8)7(10)11-3/h4,6H,8H2,1-3H3/t4?,6-/m0/s1. The molecule has 0 aromatic heterocycles. The number of hydrogen-bond donors (Lipinski definition) is 1. The van der Waals surface area contributed by atoms with Gasteiger partial charge in [0.2, 0.25) is 0 Å². The lowest BCUT2D eigenvalue weighted by molar-refractivity contribution is -0.153. The van der Waals surface area contributed by atoms with Gasteiger partial charge in [-0.05, 0) is 6.92 Å². The van der Waals surface area contributed by atoms with E-state index >= 15 is 0 Å². The first-order chi connectivity index (χ1) is 5.49. The van der Waals surface area contributed by atoms with Crippen molar-refractivity contribution in [2.45, 2.75) is 26.0 Å². The molecule has 0 aromatic rings. The lowest BCUT2D eigenvalue weighted by Crippen LogP contribution is -2.43. The number of carbonyl (C=O) groups is 2. The SMILES string of the molecule is COC(=O)[C@@H](N)C(C)OC(C)=O. The van der Waals surface area contributed by atoms with Gasteiger partial charge in [-0.2, -0.15) is 0 Å². The average molecular weight is 175 g/mol. The summed E-state index contributed by atoms with van der Waals surface area (Å²) in [6.07, 6.45) is -0.657. The van der Waals surface area contributed by atoms with E-state index in [1.54, 1.807) is 0 Å². The van der Waals surface area contributed by atoms with Crippen molar-refractivity contribution in [1.29, 1.82) is 0 Å². The Morgan fingerprint density at radius 3 is 2.25 bits per heavy atom. The van der Waals surface area contributed by atoms with Crippen molar-refractivity contribution in [3.8, 4) is 0 Å². The summed E-state index contributed by atoms with van der Waals surface area (Å²) in [7, 11) is 1.22. The lowest BCUT2D eigenvalue weighted by atomic mass is 10.2. The van der Waals surface area contributed by atoms with Crippen molar-refractivity contribution in [1.82, 2.24) is 0 Å². The van der Waals surface area contributed by atoms with Gasteiger partial charge in [0.05, 0.1) is 7.11 Å². The molecule has 0 saturated carbocycles. The molecule has 0 spiro atoms. The fraction of sp³-hybridized carbons (Fsp3) is 0.714. The Labute approximate surface area is 70.8 Å². The van der Waals surface area contributed by atoms with Gasteiger partial charge in [0.1, 0.15) is 12.1 Å². The zero-order valence-corrected chi connectivity index (χ0v) is 7.37. The van der Waals surface area contributed by atoms with Crippen LogP contribution in [0, 0.1) is 0 Å². The number of hydrogen-bond acceptors (Lipinski definition) is 5. The van der Waals surface area contributed by atoms with E-state index in [0.717, 1.165) is 0 Å². The highest BCUT2D eigenvalue weighted by atomic mass is 16.6. The van der Waals surface area contributed by atoms with Crippen LogP contribution in [0.15, 0.2) is 0 Å². The predicted molar refractivity (Wildman–Crippen MR) is 41.2 cm³/mol. The second kappa shape index (κ2) is 4.71. The van der Waals surface area contributed by atoms with Gasteiger partial charge in [0.15, 0.2) is 0 Å². The van der Waals surface area contributed by atoms with Crippen LogP contribution in [0.1, 0.15) is 13.8 Å². The highest BCUT2D eigenvalue weighted by Gasteiger charge is 2.23. The fourth-order valence-corrected chi connectivity index (χ4v) is 0.663. The van der Waals surface area contributed by atoms with Crippen molar-refractivity contribution in [3.05, 3.63) is 0 Å². The minimum atomic E-state index is -0.918. The lowest BCUT2D eigenvalue weighted by Gasteiger charge is -2.16. The van der Waals surface area contributed by atoms with Crippen LogP contribution in [-0.2, 0) is 19.1 Å². The Bertz CT molecular complexity index is 180. The minimum Gasteiger partial charge on any atom is -0.468 e. The van der Waals surface area contributed by atoms with Crippen molar-refractivity contribution in [2.24, 2.45) is 5.73 Å². The Morgan fingerprint density at radius 1 is 1.42 bits per heavy atom. The number of esters is 2. The second-order valence-electron chi connectivity index (χ2n) is 2.36. The molecule has 0 heterocycles. The smallest absolute Gasteiger partial charge is 0.326 e. The molecule has 70 valence electrons. The molecule has 0 aliphatic rings. The summed E-state index contributed by atoms with van der Waals surface area (Å²) in [5.41, 5.74) is 5.37. The van der Waals surface area contributed by atoms with Gasteiger partial charge in [-0.25, -0.2) is 0 Å². The highest BCUT2D eigenvalue weighted by molar-refractivity contribution is 5.76.